The molecule has 3 heteroatoms. The van der Waals surface area contributed by atoms with Gasteiger partial charge in [0.2, 0.25) is 0 Å². The van der Waals surface area contributed by atoms with Crippen LogP contribution in [-0.4, -0.2) is 49.8 Å². The highest BCUT2D eigenvalue weighted by molar-refractivity contribution is 4.84. The van der Waals surface area contributed by atoms with Crippen LogP contribution < -0.4 is 5.32 Å². The lowest BCUT2D eigenvalue weighted by molar-refractivity contribution is 0.0972. The molecule has 2 rings (SSSR count). The highest BCUT2D eigenvalue weighted by Crippen LogP contribution is 2.16. The minimum atomic E-state index is 0.686. The maximum absolute atomic E-state index is 5.40. The number of nitrogens with one attached hydrogen (secondary N) is 1. The van der Waals surface area contributed by atoms with Gasteiger partial charge in [0.15, 0.2) is 0 Å². The molecule has 0 aromatic rings. The van der Waals surface area contributed by atoms with Crippen LogP contribution in [0.2, 0.25) is 0 Å². The van der Waals surface area contributed by atoms with E-state index < -0.39 is 0 Å². The smallest absolute Gasteiger partial charge is 0.0622 e. The van der Waals surface area contributed by atoms with Crippen LogP contribution in [0.4, 0.5) is 0 Å². The van der Waals surface area contributed by atoms with Gasteiger partial charge in [0.1, 0.15) is 0 Å². The van der Waals surface area contributed by atoms with E-state index in [4.69, 9.17) is 4.74 Å². The second-order valence-electron chi connectivity index (χ2n) is 3.81. The Balaban J connectivity index is 1.91. The summed E-state index contributed by atoms with van der Waals surface area (Å²) in [5.41, 5.74) is 0. The molecule has 0 radical (unpaired) electrons. The van der Waals surface area contributed by atoms with Gasteiger partial charge >= 0.3 is 0 Å². The summed E-state index contributed by atoms with van der Waals surface area (Å²) in [5, 5.41) is 3.41. The molecule has 2 atom stereocenters. The van der Waals surface area contributed by atoms with Crippen molar-refractivity contribution < 1.29 is 4.74 Å². The summed E-state index contributed by atoms with van der Waals surface area (Å²) >= 11 is 0. The molecule has 2 aliphatic heterocycles. The van der Waals surface area contributed by atoms with Gasteiger partial charge in [0, 0.05) is 38.3 Å². The Kier molecular flexibility index (Phi) is 2.63. The fraction of sp³-hybridized carbons (Fsp3) is 1.00. The fourth-order valence-corrected chi connectivity index (χ4v) is 2.18. The number of hydrogen-bond acceptors (Lipinski definition) is 3. The Labute approximate surface area is 74.1 Å². The van der Waals surface area contributed by atoms with Gasteiger partial charge in [-0.3, -0.25) is 4.90 Å². The summed E-state index contributed by atoms with van der Waals surface area (Å²) < 4.78 is 5.40. The van der Waals surface area contributed by atoms with Crippen molar-refractivity contribution in [3.05, 3.63) is 0 Å². The maximum atomic E-state index is 5.40. The standard InChI is InChI=1S/C9H18N2O/c1-8-6-10-3-4-11(8)9-2-5-12-7-9/h8-10H,2-7H2,1H3/t8-,9?/m1/s1. The van der Waals surface area contributed by atoms with Crippen molar-refractivity contribution in [2.75, 3.05) is 32.8 Å². The molecule has 3 nitrogen and oxygen atoms in total. The third-order valence-corrected chi connectivity index (χ3v) is 2.93. The second-order valence-corrected chi connectivity index (χ2v) is 3.81. The van der Waals surface area contributed by atoms with Crippen molar-refractivity contribution >= 4 is 0 Å². The zero-order valence-corrected chi connectivity index (χ0v) is 7.75. The minimum absolute atomic E-state index is 0.686. The van der Waals surface area contributed by atoms with Crippen LogP contribution in [-0.2, 0) is 4.74 Å². The van der Waals surface area contributed by atoms with Crippen molar-refractivity contribution in [1.82, 2.24) is 10.2 Å². The SMILES string of the molecule is C[C@@H]1CNCCN1C1CCOC1. The highest BCUT2D eigenvalue weighted by atomic mass is 16.5. The monoisotopic (exact) mass is 170 g/mol. The molecule has 12 heavy (non-hydrogen) atoms. The van der Waals surface area contributed by atoms with Crippen molar-refractivity contribution in [2.24, 2.45) is 0 Å². The summed E-state index contributed by atoms with van der Waals surface area (Å²) in [5.74, 6) is 0. The van der Waals surface area contributed by atoms with Gasteiger partial charge in [-0.1, -0.05) is 0 Å². The third-order valence-electron chi connectivity index (χ3n) is 2.93. The van der Waals surface area contributed by atoms with Gasteiger partial charge in [0.25, 0.3) is 0 Å². The predicted octanol–water partition coefficient (Wildman–Crippen LogP) is 0.0690. The molecule has 0 saturated carbocycles. The van der Waals surface area contributed by atoms with E-state index in [1.165, 1.54) is 13.0 Å². The molecule has 1 N–H and O–H groups in total. The Morgan fingerprint density at radius 1 is 1.50 bits per heavy atom. The molecule has 0 spiro atoms. The molecule has 2 saturated heterocycles. The third kappa shape index (κ3) is 1.63. The van der Waals surface area contributed by atoms with E-state index in [9.17, 15) is 0 Å². The Bertz CT molecular complexity index is 145. The van der Waals surface area contributed by atoms with Crippen molar-refractivity contribution in [3.8, 4) is 0 Å². The molecule has 2 aliphatic rings. The van der Waals surface area contributed by atoms with Gasteiger partial charge in [-0.2, -0.15) is 0 Å². The molecule has 0 bridgehead atoms. The van der Waals surface area contributed by atoms with Gasteiger partial charge in [-0.15, -0.1) is 0 Å². The maximum Gasteiger partial charge on any atom is 0.0622 e. The van der Waals surface area contributed by atoms with Gasteiger partial charge in [-0.25, -0.2) is 0 Å². The first-order valence-corrected chi connectivity index (χ1v) is 4.92. The minimum Gasteiger partial charge on any atom is -0.380 e. The van der Waals surface area contributed by atoms with Crippen LogP contribution >= 0.6 is 0 Å². The van der Waals surface area contributed by atoms with E-state index >= 15 is 0 Å². The lowest BCUT2D eigenvalue weighted by Crippen LogP contribution is -2.54. The topological polar surface area (TPSA) is 24.5 Å². The average Bonchev–Trinajstić information content (AvgIpc) is 2.57. The first-order valence-electron chi connectivity index (χ1n) is 4.92. The zero-order valence-electron chi connectivity index (χ0n) is 7.75. The molecule has 0 aromatic heterocycles. The quantitative estimate of drug-likeness (QED) is 0.602. The fourth-order valence-electron chi connectivity index (χ4n) is 2.18. The first-order chi connectivity index (χ1) is 5.88. The highest BCUT2D eigenvalue weighted by Gasteiger charge is 2.28. The van der Waals surface area contributed by atoms with E-state index in [1.807, 2.05) is 0 Å². The molecule has 70 valence electrons. The molecule has 2 heterocycles. The summed E-state index contributed by atoms with van der Waals surface area (Å²) in [7, 11) is 0. The van der Waals surface area contributed by atoms with Gasteiger partial charge in [0.05, 0.1) is 6.61 Å². The lowest BCUT2D eigenvalue weighted by atomic mass is 10.1. The molecular weight excluding hydrogens is 152 g/mol. The summed E-state index contributed by atoms with van der Waals surface area (Å²) in [6.07, 6.45) is 1.23. The Morgan fingerprint density at radius 2 is 2.42 bits per heavy atom. The largest absolute Gasteiger partial charge is 0.380 e. The molecule has 0 aliphatic carbocycles. The predicted molar refractivity (Wildman–Crippen MR) is 48.3 cm³/mol. The molecule has 0 amide bonds. The van der Waals surface area contributed by atoms with Gasteiger partial charge in [-0.05, 0) is 13.3 Å². The molecule has 1 unspecified atom stereocenters. The van der Waals surface area contributed by atoms with E-state index in [2.05, 4.69) is 17.1 Å². The Morgan fingerprint density at radius 3 is 3.08 bits per heavy atom. The van der Waals surface area contributed by atoms with Crippen molar-refractivity contribution in [1.29, 1.82) is 0 Å². The summed E-state index contributed by atoms with van der Waals surface area (Å²) in [6, 6.07) is 1.38. The van der Waals surface area contributed by atoms with Crippen molar-refractivity contribution in [2.45, 2.75) is 25.4 Å². The van der Waals surface area contributed by atoms with Crippen LogP contribution in [0.25, 0.3) is 0 Å². The van der Waals surface area contributed by atoms with Crippen LogP contribution in [0.1, 0.15) is 13.3 Å². The van der Waals surface area contributed by atoms with E-state index in [0.29, 0.717) is 12.1 Å². The lowest BCUT2D eigenvalue weighted by Gasteiger charge is -2.37. The number of hydrogen-bond donors (Lipinski definition) is 1. The summed E-state index contributed by atoms with van der Waals surface area (Å²) in [6.45, 7) is 7.67. The summed E-state index contributed by atoms with van der Waals surface area (Å²) in [4.78, 5) is 2.59. The number of ether oxygens (including phenoxy) is 1. The second kappa shape index (κ2) is 3.73. The van der Waals surface area contributed by atoms with Crippen LogP contribution in [0.5, 0.6) is 0 Å². The molecule has 0 aromatic carbocycles. The van der Waals surface area contributed by atoms with Crippen LogP contribution in [0, 0.1) is 0 Å². The zero-order chi connectivity index (χ0) is 8.39. The average molecular weight is 170 g/mol. The molecule has 2 fully saturated rings. The van der Waals surface area contributed by atoms with Crippen molar-refractivity contribution in [3.63, 3.8) is 0 Å². The first kappa shape index (κ1) is 8.48. The number of rotatable bonds is 1. The van der Waals surface area contributed by atoms with Gasteiger partial charge < -0.3 is 10.1 Å². The van der Waals surface area contributed by atoms with Crippen LogP contribution in [0.3, 0.4) is 0 Å². The van der Waals surface area contributed by atoms with E-state index in [-0.39, 0.29) is 0 Å². The Hall–Kier alpha value is -0.120. The van der Waals surface area contributed by atoms with E-state index in [0.717, 1.165) is 26.3 Å². The normalized spacial score (nSPS) is 38.8. The number of nitrogens with zero attached hydrogens (tertiary/aromatic N) is 1. The van der Waals surface area contributed by atoms with E-state index in [1.54, 1.807) is 0 Å². The van der Waals surface area contributed by atoms with Crippen LogP contribution in [0.15, 0.2) is 0 Å². The molecular formula is C9H18N2O. The number of piperazine rings is 1.